The van der Waals surface area contributed by atoms with Crippen LogP contribution >= 0.6 is 0 Å². The number of aryl methyl sites for hydroxylation is 1. The molecule has 0 spiro atoms. The van der Waals surface area contributed by atoms with Gasteiger partial charge in [-0.15, -0.1) is 5.10 Å². The molecule has 4 aromatic rings. The summed E-state index contributed by atoms with van der Waals surface area (Å²) in [6.07, 6.45) is 4.20. The van der Waals surface area contributed by atoms with Crippen molar-refractivity contribution < 1.29 is 23.9 Å². The SMILES string of the molecule is CC(=O)Oc1cc(C)c2c(c1C)C[C@H]([C@@H](C)C(=O)OCc1cn(-c3ccc(NC(=O)c4ccccc4)cc3)nn1)CC2. The van der Waals surface area contributed by atoms with Crippen LogP contribution in [0.5, 0.6) is 5.75 Å². The van der Waals surface area contributed by atoms with Gasteiger partial charge in [-0.05, 0) is 104 Å². The zero-order valence-electron chi connectivity index (χ0n) is 24.2. The van der Waals surface area contributed by atoms with E-state index < -0.39 is 0 Å². The quantitative estimate of drug-likeness (QED) is 0.220. The van der Waals surface area contributed by atoms with Gasteiger partial charge in [-0.1, -0.05) is 30.3 Å². The summed E-state index contributed by atoms with van der Waals surface area (Å²) in [6.45, 7) is 7.34. The molecule has 1 aliphatic rings. The zero-order chi connectivity index (χ0) is 29.8. The van der Waals surface area contributed by atoms with Crippen molar-refractivity contribution in [1.29, 1.82) is 0 Å². The van der Waals surface area contributed by atoms with Crippen LogP contribution in [0.3, 0.4) is 0 Å². The number of aromatic nitrogens is 3. The third-order valence-corrected chi connectivity index (χ3v) is 7.90. The fourth-order valence-electron chi connectivity index (χ4n) is 5.46. The van der Waals surface area contributed by atoms with Gasteiger partial charge in [0.15, 0.2) is 0 Å². The number of carbonyl (C=O) groups excluding carboxylic acids is 3. The molecular weight excluding hydrogens is 532 g/mol. The van der Waals surface area contributed by atoms with Crippen molar-refractivity contribution in [2.45, 2.75) is 53.6 Å². The molecule has 2 atom stereocenters. The number of esters is 2. The van der Waals surface area contributed by atoms with Gasteiger partial charge in [0.1, 0.15) is 18.1 Å². The van der Waals surface area contributed by atoms with Gasteiger partial charge >= 0.3 is 11.9 Å². The average Bonchev–Trinajstić information content (AvgIpc) is 3.47. The molecule has 1 amide bonds. The van der Waals surface area contributed by atoms with E-state index in [0.29, 0.717) is 22.7 Å². The largest absolute Gasteiger partial charge is 0.459 e. The number of nitrogens with one attached hydrogen (secondary N) is 1. The van der Waals surface area contributed by atoms with Crippen LogP contribution < -0.4 is 10.1 Å². The lowest BCUT2D eigenvalue weighted by atomic mass is 9.75. The van der Waals surface area contributed by atoms with E-state index in [-0.39, 0.29) is 36.3 Å². The standard InChI is InChI=1S/C33H34N4O5/c1-20-16-31(42-23(4)38)22(3)30-17-25(10-15-29(20)30)21(2)33(40)41-19-27-18-37(36-35-27)28-13-11-26(12-14-28)34-32(39)24-8-6-5-7-9-24/h5-9,11-14,16,18,21,25H,10,15,17,19H2,1-4H3,(H,34,39)/t21-,25-/m1/s1. The summed E-state index contributed by atoms with van der Waals surface area (Å²) in [5.41, 5.74) is 7.04. The van der Waals surface area contributed by atoms with E-state index in [4.69, 9.17) is 9.47 Å². The van der Waals surface area contributed by atoms with Crippen molar-refractivity contribution in [3.63, 3.8) is 0 Å². The molecule has 0 unspecified atom stereocenters. The highest BCUT2D eigenvalue weighted by Gasteiger charge is 2.31. The van der Waals surface area contributed by atoms with Crippen LogP contribution in [0.25, 0.3) is 5.69 Å². The summed E-state index contributed by atoms with van der Waals surface area (Å²) in [5.74, 6) is -0.401. The van der Waals surface area contributed by atoms with E-state index in [1.165, 1.54) is 12.5 Å². The zero-order valence-corrected chi connectivity index (χ0v) is 24.2. The Morgan fingerprint density at radius 1 is 1.05 bits per heavy atom. The number of fused-ring (bicyclic) bond motifs is 1. The maximum atomic E-state index is 13.0. The molecule has 42 heavy (non-hydrogen) atoms. The van der Waals surface area contributed by atoms with Gasteiger partial charge < -0.3 is 14.8 Å². The molecule has 1 aliphatic carbocycles. The summed E-state index contributed by atoms with van der Waals surface area (Å²) < 4.78 is 12.7. The fourth-order valence-corrected chi connectivity index (χ4v) is 5.46. The molecule has 216 valence electrons. The van der Waals surface area contributed by atoms with Crippen LogP contribution in [0.15, 0.2) is 66.9 Å². The van der Waals surface area contributed by atoms with Gasteiger partial charge in [-0.25, -0.2) is 4.68 Å². The van der Waals surface area contributed by atoms with E-state index in [1.807, 2.05) is 57.2 Å². The third-order valence-electron chi connectivity index (χ3n) is 7.90. The maximum absolute atomic E-state index is 13.0. The lowest BCUT2D eigenvalue weighted by Crippen LogP contribution is -2.29. The Morgan fingerprint density at radius 2 is 1.79 bits per heavy atom. The number of anilines is 1. The third kappa shape index (κ3) is 6.40. The highest BCUT2D eigenvalue weighted by Crippen LogP contribution is 2.38. The minimum Gasteiger partial charge on any atom is -0.459 e. The molecule has 0 radical (unpaired) electrons. The van der Waals surface area contributed by atoms with Crippen LogP contribution in [0.4, 0.5) is 5.69 Å². The summed E-state index contributed by atoms with van der Waals surface area (Å²) in [7, 11) is 0. The van der Waals surface area contributed by atoms with E-state index in [0.717, 1.165) is 41.6 Å². The Bertz CT molecular complexity index is 1610. The first-order chi connectivity index (χ1) is 20.2. The molecular formula is C33H34N4O5. The average molecular weight is 567 g/mol. The first-order valence-corrected chi connectivity index (χ1v) is 14.0. The van der Waals surface area contributed by atoms with Gasteiger partial charge in [0, 0.05) is 18.2 Å². The number of ether oxygens (including phenoxy) is 2. The first kappa shape index (κ1) is 28.7. The maximum Gasteiger partial charge on any atom is 0.309 e. The van der Waals surface area contributed by atoms with Crippen LogP contribution in [0.1, 0.15) is 58.6 Å². The minimum absolute atomic E-state index is 0.0203. The van der Waals surface area contributed by atoms with Crippen LogP contribution in [-0.4, -0.2) is 32.8 Å². The van der Waals surface area contributed by atoms with Gasteiger partial charge in [0.2, 0.25) is 0 Å². The molecule has 5 rings (SSSR count). The number of amides is 1. The predicted octanol–water partition coefficient (Wildman–Crippen LogP) is 5.55. The number of carbonyl (C=O) groups is 3. The Hall–Kier alpha value is -4.79. The molecule has 3 aromatic carbocycles. The second kappa shape index (κ2) is 12.4. The Morgan fingerprint density at radius 3 is 2.50 bits per heavy atom. The Kier molecular flexibility index (Phi) is 8.47. The Labute approximate surface area is 244 Å². The molecule has 9 heteroatoms. The van der Waals surface area contributed by atoms with Gasteiger partial charge in [0.05, 0.1) is 17.8 Å². The Balaban J connectivity index is 1.17. The molecule has 0 fully saturated rings. The second-order valence-corrected chi connectivity index (χ2v) is 10.8. The minimum atomic E-state index is -0.344. The van der Waals surface area contributed by atoms with E-state index in [9.17, 15) is 14.4 Å². The smallest absolute Gasteiger partial charge is 0.309 e. The van der Waals surface area contributed by atoms with E-state index >= 15 is 0 Å². The van der Waals surface area contributed by atoms with Crippen molar-refractivity contribution in [1.82, 2.24) is 15.0 Å². The molecule has 0 saturated carbocycles. The predicted molar refractivity (Wildman–Crippen MR) is 157 cm³/mol. The van der Waals surface area contributed by atoms with Crippen molar-refractivity contribution >= 4 is 23.5 Å². The summed E-state index contributed by atoms with van der Waals surface area (Å²) >= 11 is 0. The highest BCUT2D eigenvalue weighted by atomic mass is 16.5. The van der Waals surface area contributed by atoms with E-state index in [1.54, 1.807) is 35.1 Å². The van der Waals surface area contributed by atoms with Crippen LogP contribution in [-0.2, 0) is 33.8 Å². The van der Waals surface area contributed by atoms with Crippen molar-refractivity contribution in [2.75, 3.05) is 5.32 Å². The number of nitrogens with zero attached hydrogens (tertiary/aromatic N) is 3. The monoisotopic (exact) mass is 566 g/mol. The molecule has 0 saturated heterocycles. The van der Waals surface area contributed by atoms with Gasteiger partial charge in [0.25, 0.3) is 5.91 Å². The van der Waals surface area contributed by atoms with Gasteiger partial charge in [-0.3, -0.25) is 14.4 Å². The fraction of sp³-hybridized carbons (Fsp3) is 0.303. The molecule has 1 heterocycles. The number of rotatable bonds is 8. The summed E-state index contributed by atoms with van der Waals surface area (Å²) in [6, 6.07) is 18.2. The van der Waals surface area contributed by atoms with Crippen LogP contribution in [0, 0.1) is 25.7 Å². The topological polar surface area (TPSA) is 112 Å². The summed E-state index contributed by atoms with van der Waals surface area (Å²) in [4.78, 5) is 37.0. The highest BCUT2D eigenvalue weighted by molar-refractivity contribution is 6.04. The molecule has 1 N–H and O–H groups in total. The van der Waals surface area contributed by atoms with Crippen molar-refractivity contribution in [2.24, 2.45) is 11.8 Å². The van der Waals surface area contributed by atoms with Crippen LogP contribution in [0.2, 0.25) is 0 Å². The summed E-state index contributed by atoms with van der Waals surface area (Å²) in [5, 5.41) is 11.2. The van der Waals surface area contributed by atoms with Crippen molar-refractivity contribution in [3.8, 4) is 11.4 Å². The lowest BCUT2D eigenvalue weighted by Gasteiger charge is -2.31. The van der Waals surface area contributed by atoms with Crippen molar-refractivity contribution in [3.05, 3.63) is 100 Å². The number of hydrogen-bond donors (Lipinski definition) is 1. The number of hydrogen-bond acceptors (Lipinski definition) is 7. The first-order valence-electron chi connectivity index (χ1n) is 14.0. The lowest BCUT2D eigenvalue weighted by molar-refractivity contribution is -0.151. The normalized spacial score (nSPS) is 14.9. The molecule has 0 aliphatic heterocycles. The van der Waals surface area contributed by atoms with Gasteiger partial charge in [-0.2, -0.15) is 0 Å². The molecule has 0 bridgehead atoms. The second-order valence-electron chi connectivity index (χ2n) is 10.8. The number of benzene rings is 3. The molecule has 9 nitrogen and oxygen atoms in total. The van der Waals surface area contributed by atoms with E-state index in [2.05, 4.69) is 15.6 Å². The molecule has 1 aromatic heterocycles.